The lowest BCUT2D eigenvalue weighted by Crippen LogP contribution is -2.41. The Morgan fingerprint density at radius 1 is 1.07 bits per heavy atom. The van der Waals surface area contributed by atoms with Crippen molar-refractivity contribution in [3.05, 3.63) is 29.3 Å². The van der Waals surface area contributed by atoms with Gasteiger partial charge >= 0.3 is 0 Å². The summed E-state index contributed by atoms with van der Waals surface area (Å²) in [5, 5.41) is 0. The van der Waals surface area contributed by atoms with E-state index in [1.165, 1.54) is 11.1 Å². The molecule has 1 heteroatoms. The van der Waals surface area contributed by atoms with E-state index >= 15 is 0 Å². The fraction of sp³-hybridized carbons (Fsp3) is 0.538. The summed E-state index contributed by atoms with van der Waals surface area (Å²) in [6.07, 6.45) is 0. The van der Waals surface area contributed by atoms with E-state index < -0.39 is 0 Å². The van der Waals surface area contributed by atoms with E-state index in [2.05, 4.69) is 52.8 Å². The van der Waals surface area contributed by atoms with Crippen molar-refractivity contribution in [2.24, 2.45) is 0 Å². The minimum atomic E-state index is -0.108. The first-order chi connectivity index (χ1) is 6.34. The Bertz CT molecular complexity index is 375. The maximum Gasteiger partial charge on any atom is 0.124 e. The van der Waals surface area contributed by atoms with E-state index in [1.54, 1.807) is 0 Å². The van der Waals surface area contributed by atoms with E-state index in [1.807, 2.05) is 0 Å². The molecular formula is C13H18O. The fourth-order valence-corrected chi connectivity index (χ4v) is 1.96. The van der Waals surface area contributed by atoms with Crippen LogP contribution in [0.1, 0.15) is 38.8 Å². The molecule has 1 aromatic carbocycles. The summed E-state index contributed by atoms with van der Waals surface area (Å²) in [6, 6.07) is 6.48. The van der Waals surface area contributed by atoms with Gasteiger partial charge in [-0.3, -0.25) is 0 Å². The molecule has 0 unspecified atom stereocenters. The van der Waals surface area contributed by atoms with Crippen LogP contribution in [0.15, 0.2) is 18.2 Å². The minimum Gasteiger partial charge on any atom is -0.487 e. The van der Waals surface area contributed by atoms with E-state index in [0.29, 0.717) is 0 Å². The molecule has 0 atom stereocenters. The summed E-state index contributed by atoms with van der Waals surface area (Å²) >= 11 is 0. The molecule has 2 rings (SSSR count). The van der Waals surface area contributed by atoms with Gasteiger partial charge < -0.3 is 4.74 Å². The maximum atomic E-state index is 5.99. The largest absolute Gasteiger partial charge is 0.487 e. The zero-order valence-corrected chi connectivity index (χ0v) is 9.64. The van der Waals surface area contributed by atoms with Gasteiger partial charge in [-0.05, 0) is 32.4 Å². The van der Waals surface area contributed by atoms with Crippen LogP contribution < -0.4 is 4.74 Å². The molecule has 0 saturated carbocycles. The maximum absolute atomic E-state index is 5.99. The number of rotatable bonds is 0. The SMILES string of the molecule is Cc1ccc2c(c1)OC(C)(C)C2(C)C. The molecule has 14 heavy (non-hydrogen) atoms. The summed E-state index contributed by atoms with van der Waals surface area (Å²) in [7, 11) is 0. The summed E-state index contributed by atoms with van der Waals surface area (Å²) in [5.41, 5.74) is 2.57. The molecular weight excluding hydrogens is 172 g/mol. The van der Waals surface area contributed by atoms with Gasteiger partial charge in [0.1, 0.15) is 11.4 Å². The molecule has 0 aromatic heterocycles. The first kappa shape index (κ1) is 9.57. The quantitative estimate of drug-likeness (QED) is 0.609. The topological polar surface area (TPSA) is 9.23 Å². The van der Waals surface area contributed by atoms with Crippen molar-refractivity contribution in [3.8, 4) is 5.75 Å². The van der Waals surface area contributed by atoms with Crippen LogP contribution in [-0.2, 0) is 5.41 Å². The summed E-state index contributed by atoms with van der Waals surface area (Å²) in [4.78, 5) is 0. The van der Waals surface area contributed by atoms with Crippen molar-refractivity contribution in [2.45, 2.75) is 45.6 Å². The molecule has 0 radical (unpaired) electrons. The van der Waals surface area contributed by atoms with Crippen LogP contribution in [0, 0.1) is 6.92 Å². The summed E-state index contributed by atoms with van der Waals surface area (Å²) < 4.78 is 5.99. The highest BCUT2D eigenvalue weighted by molar-refractivity contribution is 5.47. The predicted molar refractivity (Wildman–Crippen MR) is 58.9 cm³/mol. The Balaban J connectivity index is 2.60. The van der Waals surface area contributed by atoms with Crippen LogP contribution in [0.25, 0.3) is 0 Å². The van der Waals surface area contributed by atoms with E-state index in [-0.39, 0.29) is 11.0 Å². The molecule has 0 aliphatic carbocycles. The molecule has 0 N–H and O–H groups in total. The van der Waals surface area contributed by atoms with Gasteiger partial charge in [0.25, 0.3) is 0 Å². The first-order valence-corrected chi connectivity index (χ1v) is 5.15. The third kappa shape index (κ3) is 1.08. The molecule has 0 fully saturated rings. The molecule has 0 amide bonds. The van der Waals surface area contributed by atoms with Gasteiger partial charge in [0, 0.05) is 11.0 Å². The average Bonchev–Trinajstić information content (AvgIpc) is 2.18. The molecule has 1 nitrogen and oxygen atoms in total. The summed E-state index contributed by atoms with van der Waals surface area (Å²) in [6.45, 7) is 10.9. The van der Waals surface area contributed by atoms with Crippen molar-refractivity contribution in [3.63, 3.8) is 0 Å². The lowest BCUT2D eigenvalue weighted by atomic mass is 9.74. The normalized spacial score (nSPS) is 21.5. The molecule has 0 bridgehead atoms. The third-order valence-electron chi connectivity index (χ3n) is 3.68. The van der Waals surface area contributed by atoms with Gasteiger partial charge in [-0.1, -0.05) is 26.0 Å². The van der Waals surface area contributed by atoms with Crippen LogP contribution in [0.2, 0.25) is 0 Å². The van der Waals surface area contributed by atoms with Gasteiger partial charge in [-0.25, -0.2) is 0 Å². The Kier molecular flexibility index (Phi) is 1.73. The Hall–Kier alpha value is -0.980. The molecule has 1 aliphatic heterocycles. The molecule has 1 aromatic rings. The van der Waals surface area contributed by atoms with E-state index in [4.69, 9.17) is 4.74 Å². The van der Waals surface area contributed by atoms with Crippen LogP contribution >= 0.6 is 0 Å². The van der Waals surface area contributed by atoms with Gasteiger partial charge in [0.2, 0.25) is 0 Å². The van der Waals surface area contributed by atoms with Crippen LogP contribution in [-0.4, -0.2) is 5.60 Å². The highest BCUT2D eigenvalue weighted by atomic mass is 16.5. The van der Waals surface area contributed by atoms with E-state index in [9.17, 15) is 0 Å². The number of benzene rings is 1. The van der Waals surface area contributed by atoms with Crippen molar-refractivity contribution >= 4 is 0 Å². The van der Waals surface area contributed by atoms with Gasteiger partial charge in [-0.15, -0.1) is 0 Å². The number of ether oxygens (including phenoxy) is 1. The first-order valence-electron chi connectivity index (χ1n) is 5.15. The van der Waals surface area contributed by atoms with Crippen molar-refractivity contribution < 1.29 is 4.74 Å². The number of hydrogen-bond acceptors (Lipinski definition) is 1. The lowest BCUT2D eigenvalue weighted by molar-refractivity contribution is 0.0712. The monoisotopic (exact) mass is 190 g/mol. The van der Waals surface area contributed by atoms with Gasteiger partial charge in [0.15, 0.2) is 0 Å². The number of fused-ring (bicyclic) bond motifs is 1. The fourth-order valence-electron chi connectivity index (χ4n) is 1.96. The summed E-state index contributed by atoms with van der Waals surface area (Å²) in [5.74, 6) is 1.06. The third-order valence-corrected chi connectivity index (χ3v) is 3.68. The van der Waals surface area contributed by atoms with Crippen molar-refractivity contribution in [1.82, 2.24) is 0 Å². The van der Waals surface area contributed by atoms with Crippen molar-refractivity contribution in [1.29, 1.82) is 0 Å². The minimum absolute atomic E-state index is 0.0933. The Morgan fingerprint density at radius 2 is 1.71 bits per heavy atom. The molecule has 1 aliphatic rings. The van der Waals surface area contributed by atoms with Gasteiger partial charge in [0.05, 0.1) is 0 Å². The zero-order chi connectivity index (χ0) is 10.6. The second kappa shape index (κ2) is 2.53. The standard InChI is InChI=1S/C13H18O/c1-9-6-7-10-11(8-9)14-13(4,5)12(10,2)3/h6-8H,1-5H3. The van der Waals surface area contributed by atoms with Gasteiger partial charge in [-0.2, -0.15) is 0 Å². The second-order valence-electron chi connectivity index (χ2n) is 5.24. The second-order valence-corrected chi connectivity index (χ2v) is 5.24. The van der Waals surface area contributed by atoms with Crippen LogP contribution in [0.4, 0.5) is 0 Å². The number of hydrogen-bond donors (Lipinski definition) is 0. The van der Waals surface area contributed by atoms with Crippen LogP contribution in [0.3, 0.4) is 0 Å². The molecule has 1 heterocycles. The Labute approximate surface area is 86.1 Å². The van der Waals surface area contributed by atoms with E-state index in [0.717, 1.165) is 5.75 Å². The smallest absolute Gasteiger partial charge is 0.124 e. The lowest BCUT2D eigenvalue weighted by Gasteiger charge is -2.33. The molecule has 0 spiro atoms. The average molecular weight is 190 g/mol. The predicted octanol–water partition coefficient (Wildman–Crippen LogP) is 3.44. The Morgan fingerprint density at radius 3 is 2.36 bits per heavy atom. The van der Waals surface area contributed by atoms with Crippen molar-refractivity contribution in [2.75, 3.05) is 0 Å². The number of aryl methyl sites for hydroxylation is 1. The molecule has 76 valence electrons. The van der Waals surface area contributed by atoms with Crippen LogP contribution in [0.5, 0.6) is 5.75 Å². The highest BCUT2D eigenvalue weighted by Crippen LogP contribution is 2.48. The highest BCUT2D eigenvalue weighted by Gasteiger charge is 2.47. The zero-order valence-electron chi connectivity index (χ0n) is 9.64. The molecule has 0 saturated heterocycles.